The van der Waals surface area contributed by atoms with Crippen molar-refractivity contribution in [2.75, 3.05) is 31.1 Å². The van der Waals surface area contributed by atoms with Crippen LogP contribution in [0.3, 0.4) is 0 Å². The number of hydrogen-bond donors (Lipinski definition) is 2. The standard InChI is InChI=1S/C29H34FN3O3.2ClH/c1-20(2)27(19-32-15-16-33(21(3)18-32)23-7-6-8-24(34)17-23)31-29(35)22-11-13-25(14-12-22)36-28-10-5-4-9-26(28)30;;/h4-14,17,20-21,27,34H,15-16,18-19H2,1-3H3,(H,31,35);2*1H/t21-,27+;;/m0../s1. The van der Waals surface area contributed by atoms with Crippen LogP contribution in [0.1, 0.15) is 31.1 Å². The zero-order valence-corrected chi connectivity index (χ0v) is 23.5. The Kier molecular flexibility index (Phi) is 11.7. The van der Waals surface area contributed by atoms with Crippen LogP contribution in [0.5, 0.6) is 17.2 Å². The average Bonchev–Trinajstić information content (AvgIpc) is 2.85. The third-order valence-corrected chi connectivity index (χ3v) is 6.63. The molecular weight excluding hydrogens is 528 g/mol. The molecule has 1 heterocycles. The predicted octanol–water partition coefficient (Wildman–Crippen LogP) is 6.13. The largest absolute Gasteiger partial charge is 0.508 e. The SMILES string of the molecule is CC(C)[C@@H](CN1CCN(c2cccc(O)c2)[C@@H](C)C1)NC(=O)c1ccc(Oc2ccccc2F)cc1.Cl.Cl. The molecule has 0 aromatic heterocycles. The van der Waals surface area contributed by atoms with Gasteiger partial charge in [-0.2, -0.15) is 0 Å². The van der Waals surface area contributed by atoms with E-state index in [2.05, 4.69) is 35.9 Å². The third-order valence-electron chi connectivity index (χ3n) is 6.63. The van der Waals surface area contributed by atoms with Crippen LogP contribution in [0.4, 0.5) is 10.1 Å². The summed E-state index contributed by atoms with van der Waals surface area (Å²) in [6, 6.07) is 20.6. The lowest BCUT2D eigenvalue weighted by Crippen LogP contribution is -2.56. The normalized spacial score (nSPS) is 16.2. The van der Waals surface area contributed by atoms with Crippen LogP contribution >= 0.6 is 24.8 Å². The van der Waals surface area contributed by atoms with E-state index in [4.69, 9.17) is 4.74 Å². The van der Waals surface area contributed by atoms with E-state index in [0.717, 1.165) is 31.9 Å². The molecular formula is C29H36Cl2FN3O3. The second-order valence-corrected chi connectivity index (χ2v) is 9.70. The number of para-hydroxylation sites is 1. The molecule has 2 N–H and O–H groups in total. The summed E-state index contributed by atoms with van der Waals surface area (Å²) < 4.78 is 19.4. The first-order valence-corrected chi connectivity index (χ1v) is 12.4. The molecule has 0 aliphatic carbocycles. The number of piperazine rings is 1. The molecule has 1 aliphatic heterocycles. The summed E-state index contributed by atoms with van der Waals surface area (Å²) in [4.78, 5) is 17.7. The Hall–Kier alpha value is -3.00. The number of benzene rings is 3. The van der Waals surface area contributed by atoms with Crippen molar-refractivity contribution in [1.29, 1.82) is 0 Å². The number of phenolic OH excluding ortho intramolecular Hbond substituents is 1. The highest BCUT2D eigenvalue weighted by Gasteiger charge is 2.27. The van der Waals surface area contributed by atoms with Gasteiger partial charge in [-0.3, -0.25) is 9.69 Å². The van der Waals surface area contributed by atoms with Crippen LogP contribution in [-0.4, -0.2) is 54.2 Å². The molecule has 1 fully saturated rings. The van der Waals surface area contributed by atoms with E-state index in [0.29, 0.717) is 11.3 Å². The molecule has 2 atom stereocenters. The summed E-state index contributed by atoms with van der Waals surface area (Å²) in [5.74, 6) is 0.575. The Morgan fingerprint density at radius 1 is 1.05 bits per heavy atom. The first-order valence-electron chi connectivity index (χ1n) is 12.4. The minimum Gasteiger partial charge on any atom is -0.508 e. The van der Waals surface area contributed by atoms with E-state index >= 15 is 0 Å². The van der Waals surface area contributed by atoms with Crippen LogP contribution in [0.25, 0.3) is 0 Å². The second-order valence-electron chi connectivity index (χ2n) is 9.70. The topological polar surface area (TPSA) is 65.0 Å². The quantitative estimate of drug-likeness (QED) is 0.345. The predicted molar refractivity (Wildman–Crippen MR) is 155 cm³/mol. The van der Waals surface area contributed by atoms with Gasteiger partial charge < -0.3 is 20.1 Å². The van der Waals surface area contributed by atoms with Gasteiger partial charge in [0.15, 0.2) is 11.6 Å². The van der Waals surface area contributed by atoms with E-state index in [1.54, 1.807) is 54.6 Å². The van der Waals surface area contributed by atoms with E-state index < -0.39 is 5.82 Å². The Morgan fingerprint density at radius 2 is 1.76 bits per heavy atom. The van der Waals surface area contributed by atoms with Gasteiger partial charge in [0.05, 0.1) is 0 Å². The van der Waals surface area contributed by atoms with Gasteiger partial charge in [0.25, 0.3) is 5.91 Å². The fraction of sp³-hybridized carbons (Fsp3) is 0.345. The first kappa shape index (κ1) is 31.2. The molecule has 0 saturated carbocycles. The van der Waals surface area contributed by atoms with Crippen LogP contribution in [0, 0.1) is 11.7 Å². The molecule has 9 heteroatoms. The number of aromatic hydroxyl groups is 1. The first-order chi connectivity index (χ1) is 17.3. The fourth-order valence-corrected chi connectivity index (χ4v) is 4.54. The number of anilines is 1. The van der Waals surface area contributed by atoms with Gasteiger partial charge in [-0.25, -0.2) is 4.39 Å². The molecule has 4 rings (SSSR count). The van der Waals surface area contributed by atoms with Crippen molar-refractivity contribution in [1.82, 2.24) is 10.2 Å². The maximum Gasteiger partial charge on any atom is 0.251 e. The summed E-state index contributed by atoms with van der Waals surface area (Å²) in [6.07, 6.45) is 0. The maximum absolute atomic E-state index is 13.8. The molecule has 206 valence electrons. The van der Waals surface area contributed by atoms with Crippen molar-refractivity contribution in [3.05, 3.63) is 84.2 Å². The molecule has 0 radical (unpaired) electrons. The lowest BCUT2D eigenvalue weighted by atomic mass is 10.0. The number of nitrogens with one attached hydrogen (secondary N) is 1. The summed E-state index contributed by atoms with van der Waals surface area (Å²) in [7, 11) is 0. The van der Waals surface area contributed by atoms with Crippen molar-refractivity contribution < 1.29 is 19.0 Å². The highest BCUT2D eigenvalue weighted by molar-refractivity contribution is 5.94. The second kappa shape index (κ2) is 14.2. The molecule has 38 heavy (non-hydrogen) atoms. The minimum absolute atomic E-state index is 0. The lowest BCUT2D eigenvalue weighted by Gasteiger charge is -2.42. The molecule has 3 aromatic rings. The fourth-order valence-electron chi connectivity index (χ4n) is 4.54. The number of carbonyl (C=O) groups excluding carboxylic acids is 1. The zero-order chi connectivity index (χ0) is 25.7. The van der Waals surface area contributed by atoms with Crippen molar-refractivity contribution >= 4 is 36.4 Å². The van der Waals surface area contributed by atoms with Crippen molar-refractivity contribution in [2.24, 2.45) is 5.92 Å². The van der Waals surface area contributed by atoms with Gasteiger partial charge in [-0.15, -0.1) is 24.8 Å². The van der Waals surface area contributed by atoms with Crippen molar-refractivity contribution in [2.45, 2.75) is 32.9 Å². The Balaban J connectivity index is 0.00000253. The van der Waals surface area contributed by atoms with Gasteiger partial charge in [-0.05, 0) is 61.4 Å². The zero-order valence-electron chi connectivity index (χ0n) is 21.8. The average molecular weight is 565 g/mol. The molecule has 6 nitrogen and oxygen atoms in total. The monoisotopic (exact) mass is 563 g/mol. The highest BCUT2D eigenvalue weighted by atomic mass is 35.5. The molecule has 1 amide bonds. The maximum atomic E-state index is 13.8. The van der Waals surface area contributed by atoms with Crippen molar-refractivity contribution in [3.63, 3.8) is 0 Å². The van der Waals surface area contributed by atoms with Gasteiger partial charge >= 0.3 is 0 Å². The number of halogens is 3. The number of carbonyl (C=O) groups is 1. The summed E-state index contributed by atoms with van der Waals surface area (Å²) in [5.41, 5.74) is 1.56. The molecule has 1 saturated heterocycles. The van der Waals surface area contributed by atoms with Gasteiger partial charge in [0, 0.05) is 55.6 Å². The van der Waals surface area contributed by atoms with Crippen LogP contribution < -0.4 is 15.0 Å². The van der Waals surface area contributed by atoms with Gasteiger partial charge in [-0.1, -0.05) is 32.0 Å². The smallest absolute Gasteiger partial charge is 0.251 e. The molecule has 1 aliphatic rings. The Morgan fingerprint density at radius 3 is 2.39 bits per heavy atom. The molecule has 0 bridgehead atoms. The van der Waals surface area contributed by atoms with E-state index in [-0.39, 0.29) is 60.2 Å². The van der Waals surface area contributed by atoms with Crippen LogP contribution in [-0.2, 0) is 0 Å². The van der Waals surface area contributed by atoms with E-state index in [1.165, 1.54) is 6.07 Å². The number of amides is 1. The summed E-state index contributed by atoms with van der Waals surface area (Å²) in [5, 5.41) is 13.0. The summed E-state index contributed by atoms with van der Waals surface area (Å²) >= 11 is 0. The number of rotatable bonds is 8. The van der Waals surface area contributed by atoms with Gasteiger partial charge in [0.2, 0.25) is 0 Å². The molecule has 0 unspecified atom stereocenters. The van der Waals surface area contributed by atoms with Crippen LogP contribution in [0.15, 0.2) is 72.8 Å². The number of nitrogens with zero attached hydrogens (tertiary/aromatic N) is 2. The van der Waals surface area contributed by atoms with Crippen LogP contribution in [0.2, 0.25) is 0 Å². The van der Waals surface area contributed by atoms with Gasteiger partial charge in [0.1, 0.15) is 11.5 Å². The Labute approximate surface area is 236 Å². The van der Waals surface area contributed by atoms with E-state index in [9.17, 15) is 14.3 Å². The number of ether oxygens (including phenoxy) is 1. The summed E-state index contributed by atoms with van der Waals surface area (Å²) in [6.45, 7) is 9.77. The number of phenols is 1. The van der Waals surface area contributed by atoms with Crippen molar-refractivity contribution in [3.8, 4) is 17.2 Å². The van der Waals surface area contributed by atoms with E-state index in [1.807, 2.05) is 12.1 Å². The highest BCUT2D eigenvalue weighted by Crippen LogP contribution is 2.26. The third kappa shape index (κ3) is 8.00. The molecule has 3 aromatic carbocycles. The lowest BCUT2D eigenvalue weighted by molar-refractivity contribution is 0.0903. The Bertz CT molecular complexity index is 1180. The molecule has 0 spiro atoms. The number of hydrogen-bond acceptors (Lipinski definition) is 5. The minimum atomic E-state index is -0.434.